The Morgan fingerprint density at radius 1 is 1.20 bits per heavy atom. The molecule has 4 nitrogen and oxygen atoms in total. The van der Waals surface area contributed by atoms with Crippen LogP contribution < -0.4 is 4.90 Å². The van der Waals surface area contributed by atoms with Crippen molar-refractivity contribution in [3.05, 3.63) is 53.5 Å². The minimum absolute atomic E-state index is 0.00288. The fraction of sp³-hybridized carbons (Fsp3) is 0.312. The smallest absolute Gasteiger partial charge is 0.371 e. The minimum atomic E-state index is -1.02. The van der Waals surface area contributed by atoms with Crippen LogP contribution in [-0.2, 0) is 13.0 Å². The quantitative estimate of drug-likeness (QED) is 0.930. The molecule has 1 aliphatic heterocycles. The van der Waals surface area contributed by atoms with Crippen LogP contribution in [0, 0.1) is 0 Å². The number of nitrogens with zero attached hydrogens (tertiary/aromatic N) is 1. The molecule has 1 aromatic carbocycles. The average molecular weight is 271 g/mol. The molecule has 0 aliphatic carbocycles. The van der Waals surface area contributed by atoms with Crippen LogP contribution in [0.3, 0.4) is 0 Å². The first kappa shape index (κ1) is 12.8. The Bertz CT molecular complexity index is 618. The molecule has 1 aliphatic rings. The van der Waals surface area contributed by atoms with Crippen molar-refractivity contribution in [2.24, 2.45) is 0 Å². The van der Waals surface area contributed by atoms with Gasteiger partial charge in [0.05, 0.1) is 6.54 Å². The molecule has 104 valence electrons. The summed E-state index contributed by atoms with van der Waals surface area (Å²) in [5.74, 6) is -0.324. The summed E-state index contributed by atoms with van der Waals surface area (Å²) < 4.78 is 5.36. The maximum atomic E-state index is 10.9. The molecule has 0 spiro atoms. The van der Waals surface area contributed by atoms with Gasteiger partial charge < -0.3 is 14.4 Å². The summed E-state index contributed by atoms with van der Waals surface area (Å²) in [4.78, 5) is 13.1. The zero-order chi connectivity index (χ0) is 13.9. The lowest BCUT2D eigenvalue weighted by Crippen LogP contribution is -2.23. The zero-order valence-electron chi connectivity index (χ0n) is 11.2. The second kappa shape index (κ2) is 5.41. The van der Waals surface area contributed by atoms with Gasteiger partial charge in [0, 0.05) is 12.2 Å². The van der Waals surface area contributed by atoms with Crippen molar-refractivity contribution in [2.45, 2.75) is 25.8 Å². The predicted octanol–water partition coefficient (Wildman–Crippen LogP) is 3.32. The molecule has 0 saturated carbocycles. The zero-order valence-corrected chi connectivity index (χ0v) is 11.2. The first-order valence-electron chi connectivity index (χ1n) is 6.89. The van der Waals surface area contributed by atoms with Crippen LogP contribution in [0.15, 0.2) is 40.8 Å². The molecule has 0 unspecified atom stereocenters. The van der Waals surface area contributed by atoms with Gasteiger partial charge in [-0.2, -0.15) is 0 Å². The number of carboxylic acids is 1. The first-order chi connectivity index (χ1) is 9.74. The van der Waals surface area contributed by atoms with E-state index in [1.54, 1.807) is 6.07 Å². The molecule has 3 rings (SSSR count). The van der Waals surface area contributed by atoms with Crippen LogP contribution in [0.4, 0.5) is 5.69 Å². The van der Waals surface area contributed by atoms with E-state index < -0.39 is 5.97 Å². The van der Waals surface area contributed by atoms with Gasteiger partial charge in [0.2, 0.25) is 5.76 Å². The Morgan fingerprint density at radius 3 is 2.85 bits per heavy atom. The van der Waals surface area contributed by atoms with E-state index in [0.717, 1.165) is 19.4 Å². The summed E-state index contributed by atoms with van der Waals surface area (Å²) in [5, 5.41) is 8.90. The first-order valence-corrected chi connectivity index (χ1v) is 6.89. The number of carboxylic acid groups (broad SMARTS) is 1. The summed E-state index contributed by atoms with van der Waals surface area (Å²) in [5.41, 5.74) is 2.59. The molecular formula is C16H17NO3. The van der Waals surface area contributed by atoms with Crippen LogP contribution in [0.1, 0.15) is 34.7 Å². The fourth-order valence-corrected chi connectivity index (χ4v) is 2.70. The number of rotatable bonds is 3. The van der Waals surface area contributed by atoms with E-state index in [1.165, 1.54) is 23.7 Å². The van der Waals surface area contributed by atoms with Gasteiger partial charge >= 0.3 is 5.97 Å². The van der Waals surface area contributed by atoms with E-state index in [9.17, 15) is 4.79 Å². The summed E-state index contributed by atoms with van der Waals surface area (Å²) in [6.45, 7) is 1.59. The number of hydrogen-bond donors (Lipinski definition) is 1. The third-order valence-corrected chi connectivity index (χ3v) is 3.68. The number of para-hydroxylation sites is 1. The molecule has 2 aromatic rings. The molecule has 20 heavy (non-hydrogen) atoms. The second-order valence-corrected chi connectivity index (χ2v) is 5.08. The van der Waals surface area contributed by atoms with Gasteiger partial charge in [-0.1, -0.05) is 18.2 Å². The van der Waals surface area contributed by atoms with Gasteiger partial charge in [0.15, 0.2) is 0 Å². The molecule has 0 radical (unpaired) electrons. The van der Waals surface area contributed by atoms with E-state index in [-0.39, 0.29) is 5.76 Å². The fourth-order valence-electron chi connectivity index (χ4n) is 2.70. The summed E-state index contributed by atoms with van der Waals surface area (Å²) in [6, 6.07) is 11.7. The van der Waals surface area contributed by atoms with E-state index in [0.29, 0.717) is 12.3 Å². The summed E-state index contributed by atoms with van der Waals surface area (Å²) in [6.07, 6.45) is 3.43. The van der Waals surface area contributed by atoms with Crippen molar-refractivity contribution in [2.75, 3.05) is 11.4 Å². The standard InChI is InChI=1S/C16H17NO3/c18-16(19)15-9-8-13(20-15)11-17-10-4-3-6-12-5-1-2-7-14(12)17/h1-2,5,7-9H,3-4,6,10-11H2,(H,18,19). The lowest BCUT2D eigenvalue weighted by Gasteiger charge is -2.23. The third kappa shape index (κ3) is 2.54. The minimum Gasteiger partial charge on any atom is -0.475 e. The number of aromatic carboxylic acids is 1. The van der Waals surface area contributed by atoms with Crippen LogP contribution in [0.2, 0.25) is 0 Å². The number of carbonyl (C=O) groups is 1. The van der Waals surface area contributed by atoms with Crippen molar-refractivity contribution in [1.29, 1.82) is 0 Å². The monoisotopic (exact) mass is 271 g/mol. The predicted molar refractivity (Wildman–Crippen MR) is 76.1 cm³/mol. The molecule has 2 heterocycles. The number of hydrogen-bond acceptors (Lipinski definition) is 3. The normalized spacial score (nSPS) is 14.7. The van der Waals surface area contributed by atoms with Crippen LogP contribution in [-0.4, -0.2) is 17.6 Å². The van der Waals surface area contributed by atoms with Crippen molar-refractivity contribution in [3.63, 3.8) is 0 Å². The Labute approximate surface area is 117 Å². The molecule has 0 amide bonds. The van der Waals surface area contributed by atoms with Crippen molar-refractivity contribution >= 4 is 11.7 Å². The molecule has 0 saturated heterocycles. The molecule has 0 fully saturated rings. The van der Waals surface area contributed by atoms with Gasteiger partial charge in [-0.25, -0.2) is 4.79 Å². The molecule has 1 N–H and O–H groups in total. The maximum absolute atomic E-state index is 10.9. The molecule has 1 aromatic heterocycles. The van der Waals surface area contributed by atoms with Gasteiger partial charge in [-0.05, 0) is 43.0 Å². The Kier molecular flexibility index (Phi) is 3.46. The van der Waals surface area contributed by atoms with Crippen LogP contribution >= 0.6 is 0 Å². The van der Waals surface area contributed by atoms with E-state index in [4.69, 9.17) is 9.52 Å². The largest absolute Gasteiger partial charge is 0.475 e. The number of anilines is 1. The number of furan rings is 1. The summed E-state index contributed by atoms with van der Waals surface area (Å²) >= 11 is 0. The highest BCUT2D eigenvalue weighted by molar-refractivity contribution is 5.84. The van der Waals surface area contributed by atoms with E-state index >= 15 is 0 Å². The maximum Gasteiger partial charge on any atom is 0.371 e. The molecule has 0 atom stereocenters. The Hall–Kier alpha value is -2.23. The van der Waals surface area contributed by atoms with Gasteiger partial charge in [0.25, 0.3) is 0 Å². The van der Waals surface area contributed by atoms with Crippen molar-refractivity contribution < 1.29 is 14.3 Å². The molecule has 0 bridgehead atoms. The second-order valence-electron chi connectivity index (χ2n) is 5.08. The molecule has 4 heteroatoms. The van der Waals surface area contributed by atoms with Crippen LogP contribution in [0.25, 0.3) is 0 Å². The number of fused-ring (bicyclic) bond motifs is 1. The number of benzene rings is 1. The Morgan fingerprint density at radius 2 is 2.05 bits per heavy atom. The SMILES string of the molecule is O=C(O)c1ccc(CN2CCCCc3ccccc32)o1. The van der Waals surface area contributed by atoms with Gasteiger partial charge in [-0.3, -0.25) is 0 Å². The Balaban J connectivity index is 1.84. The van der Waals surface area contributed by atoms with Crippen molar-refractivity contribution in [1.82, 2.24) is 0 Å². The van der Waals surface area contributed by atoms with Gasteiger partial charge in [0.1, 0.15) is 5.76 Å². The average Bonchev–Trinajstić information content (AvgIpc) is 2.82. The highest BCUT2D eigenvalue weighted by atomic mass is 16.4. The topological polar surface area (TPSA) is 53.7 Å². The highest BCUT2D eigenvalue weighted by Crippen LogP contribution is 2.27. The lowest BCUT2D eigenvalue weighted by atomic mass is 10.1. The van der Waals surface area contributed by atoms with Crippen LogP contribution in [0.5, 0.6) is 0 Å². The van der Waals surface area contributed by atoms with Crippen molar-refractivity contribution in [3.8, 4) is 0 Å². The third-order valence-electron chi connectivity index (χ3n) is 3.68. The summed E-state index contributed by atoms with van der Waals surface area (Å²) in [7, 11) is 0. The van der Waals surface area contributed by atoms with Gasteiger partial charge in [-0.15, -0.1) is 0 Å². The van der Waals surface area contributed by atoms with E-state index in [2.05, 4.69) is 23.1 Å². The lowest BCUT2D eigenvalue weighted by molar-refractivity contribution is 0.0660. The molecular weight excluding hydrogens is 254 g/mol. The highest BCUT2D eigenvalue weighted by Gasteiger charge is 2.17. The number of aryl methyl sites for hydroxylation is 1. The van der Waals surface area contributed by atoms with E-state index in [1.807, 2.05) is 6.07 Å².